The first-order chi connectivity index (χ1) is 9.50. The van der Waals surface area contributed by atoms with Gasteiger partial charge in [0.2, 0.25) is 0 Å². The van der Waals surface area contributed by atoms with E-state index in [1.54, 1.807) is 25.3 Å². The predicted octanol–water partition coefficient (Wildman–Crippen LogP) is 1.93. The first kappa shape index (κ1) is 17.2. The SMILES string of the molecule is COCCOCCS(=O)(=O)Cc1cccc(OC)c1Cl. The Balaban J connectivity index is 2.58. The van der Waals surface area contributed by atoms with E-state index >= 15 is 0 Å². The lowest BCUT2D eigenvalue weighted by molar-refractivity contribution is 0.0785. The van der Waals surface area contributed by atoms with Gasteiger partial charge in [-0.15, -0.1) is 0 Å². The average Bonchev–Trinajstić information content (AvgIpc) is 2.40. The summed E-state index contributed by atoms with van der Waals surface area (Å²) in [5.74, 6) is 0.289. The standard InChI is InChI=1S/C13H19ClO5S/c1-17-6-7-19-8-9-20(15,16)10-11-4-3-5-12(18-2)13(11)14/h3-5H,6-10H2,1-2H3. The molecule has 114 valence electrons. The minimum atomic E-state index is -3.28. The van der Waals surface area contributed by atoms with Crippen molar-refractivity contribution < 1.29 is 22.6 Å². The molecule has 0 fully saturated rings. The van der Waals surface area contributed by atoms with Crippen molar-refractivity contribution in [3.8, 4) is 5.75 Å². The molecule has 0 aliphatic heterocycles. The summed E-state index contributed by atoms with van der Waals surface area (Å²) in [6.07, 6.45) is 0. The molecule has 0 aromatic heterocycles. The van der Waals surface area contributed by atoms with Gasteiger partial charge in [-0.1, -0.05) is 23.7 Å². The molecule has 5 nitrogen and oxygen atoms in total. The van der Waals surface area contributed by atoms with E-state index in [9.17, 15) is 8.42 Å². The van der Waals surface area contributed by atoms with Crippen molar-refractivity contribution in [2.75, 3.05) is 39.8 Å². The third-order valence-electron chi connectivity index (χ3n) is 2.61. The highest BCUT2D eigenvalue weighted by molar-refractivity contribution is 7.90. The molecular weight excluding hydrogens is 304 g/mol. The summed E-state index contributed by atoms with van der Waals surface area (Å²) in [5.41, 5.74) is 0.530. The number of hydrogen-bond donors (Lipinski definition) is 0. The third-order valence-corrected chi connectivity index (χ3v) is 4.58. The predicted molar refractivity (Wildman–Crippen MR) is 78.2 cm³/mol. The summed E-state index contributed by atoms with van der Waals surface area (Å²) >= 11 is 6.08. The van der Waals surface area contributed by atoms with Crippen molar-refractivity contribution in [2.24, 2.45) is 0 Å². The zero-order valence-electron chi connectivity index (χ0n) is 11.6. The summed E-state index contributed by atoms with van der Waals surface area (Å²) in [4.78, 5) is 0. The maximum absolute atomic E-state index is 12.0. The lowest BCUT2D eigenvalue weighted by atomic mass is 10.2. The molecule has 1 aromatic carbocycles. The fourth-order valence-electron chi connectivity index (χ4n) is 1.56. The number of methoxy groups -OCH3 is 2. The van der Waals surface area contributed by atoms with Crippen LogP contribution in [0, 0.1) is 0 Å². The molecule has 0 amide bonds. The summed E-state index contributed by atoms with van der Waals surface area (Å²) in [6.45, 7) is 0.973. The van der Waals surface area contributed by atoms with Crippen LogP contribution in [0.3, 0.4) is 0 Å². The minimum absolute atomic E-state index is 0.0513. The van der Waals surface area contributed by atoms with Gasteiger partial charge in [0.05, 0.1) is 43.5 Å². The van der Waals surface area contributed by atoms with E-state index in [0.717, 1.165) is 0 Å². The number of ether oxygens (including phenoxy) is 3. The van der Waals surface area contributed by atoms with E-state index in [1.807, 2.05) is 0 Å². The second-order valence-electron chi connectivity index (χ2n) is 4.13. The van der Waals surface area contributed by atoms with E-state index < -0.39 is 9.84 Å². The summed E-state index contributed by atoms with van der Waals surface area (Å²) in [7, 11) is -0.225. The van der Waals surface area contributed by atoms with Crippen LogP contribution >= 0.6 is 11.6 Å². The summed E-state index contributed by atoms with van der Waals surface area (Å²) in [6, 6.07) is 5.07. The largest absolute Gasteiger partial charge is 0.495 e. The molecule has 0 aliphatic rings. The van der Waals surface area contributed by atoms with E-state index in [1.165, 1.54) is 7.11 Å². The van der Waals surface area contributed by atoms with Gasteiger partial charge < -0.3 is 14.2 Å². The molecule has 20 heavy (non-hydrogen) atoms. The monoisotopic (exact) mass is 322 g/mol. The van der Waals surface area contributed by atoms with Crippen molar-refractivity contribution >= 4 is 21.4 Å². The average molecular weight is 323 g/mol. The Morgan fingerprint density at radius 2 is 1.90 bits per heavy atom. The number of sulfone groups is 1. The molecule has 1 aromatic rings. The first-order valence-corrected chi connectivity index (χ1v) is 8.28. The van der Waals surface area contributed by atoms with Crippen LogP contribution in [0.4, 0.5) is 0 Å². The molecule has 0 spiro atoms. The number of benzene rings is 1. The molecule has 0 bridgehead atoms. The maximum Gasteiger partial charge on any atom is 0.156 e. The van der Waals surface area contributed by atoms with E-state index in [4.69, 9.17) is 25.8 Å². The van der Waals surface area contributed by atoms with Gasteiger partial charge in [0.1, 0.15) is 5.75 Å². The van der Waals surface area contributed by atoms with Gasteiger partial charge >= 0.3 is 0 Å². The Morgan fingerprint density at radius 3 is 2.55 bits per heavy atom. The highest BCUT2D eigenvalue weighted by atomic mass is 35.5. The van der Waals surface area contributed by atoms with Gasteiger partial charge in [0.25, 0.3) is 0 Å². The fourth-order valence-corrected chi connectivity index (χ4v) is 3.14. The Labute approximate surface area is 124 Å². The molecule has 0 atom stereocenters. The molecule has 0 saturated carbocycles. The molecular formula is C13H19ClO5S. The van der Waals surface area contributed by atoms with Crippen LogP contribution in [-0.4, -0.2) is 48.2 Å². The normalized spacial score (nSPS) is 11.6. The second-order valence-corrected chi connectivity index (χ2v) is 6.69. The molecule has 0 heterocycles. The number of halogens is 1. The van der Waals surface area contributed by atoms with Crippen LogP contribution in [0.25, 0.3) is 0 Å². The Kier molecular flexibility index (Phi) is 7.29. The van der Waals surface area contributed by atoms with Gasteiger partial charge in [0.15, 0.2) is 9.84 Å². The van der Waals surface area contributed by atoms with Crippen LogP contribution in [0.1, 0.15) is 5.56 Å². The van der Waals surface area contributed by atoms with Crippen LogP contribution in [0.2, 0.25) is 5.02 Å². The van der Waals surface area contributed by atoms with E-state index in [-0.39, 0.29) is 18.1 Å². The second kappa shape index (κ2) is 8.46. The van der Waals surface area contributed by atoms with Gasteiger partial charge in [-0.05, 0) is 11.6 Å². The lowest BCUT2D eigenvalue weighted by Crippen LogP contribution is -2.16. The summed E-state index contributed by atoms with van der Waals surface area (Å²) < 4.78 is 39.0. The Hall–Kier alpha value is -0.820. The quantitative estimate of drug-likeness (QED) is 0.650. The van der Waals surface area contributed by atoms with Crippen molar-refractivity contribution in [3.63, 3.8) is 0 Å². The number of rotatable bonds is 9. The van der Waals surface area contributed by atoms with Gasteiger partial charge in [-0.2, -0.15) is 0 Å². The fraction of sp³-hybridized carbons (Fsp3) is 0.538. The smallest absolute Gasteiger partial charge is 0.156 e. The molecule has 0 radical (unpaired) electrons. The van der Waals surface area contributed by atoms with Gasteiger partial charge in [-0.3, -0.25) is 0 Å². The van der Waals surface area contributed by atoms with Crippen LogP contribution in [-0.2, 0) is 25.1 Å². The van der Waals surface area contributed by atoms with Crippen molar-refractivity contribution in [1.82, 2.24) is 0 Å². The molecule has 0 N–H and O–H groups in total. The van der Waals surface area contributed by atoms with Gasteiger partial charge in [0, 0.05) is 7.11 Å². The molecule has 7 heteroatoms. The molecule has 0 saturated heterocycles. The summed E-state index contributed by atoms with van der Waals surface area (Å²) in [5, 5.41) is 0.332. The highest BCUT2D eigenvalue weighted by Gasteiger charge is 2.16. The number of hydrogen-bond acceptors (Lipinski definition) is 5. The van der Waals surface area contributed by atoms with E-state index in [2.05, 4.69) is 0 Å². The van der Waals surface area contributed by atoms with Crippen LogP contribution in [0.5, 0.6) is 5.75 Å². The van der Waals surface area contributed by atoms with Crippen molar-refractivity contribution in [1.29, 1.82) is 0 Å². The molecule has 0 aliphatic carbocycles. The minimum Gasteiger partial charge on any atom is -0.495 e. The van der Waals surface area contributed by atoms with Crippen LogP contribution < -0.4 is 4.74 Å². The topological polar surface area (TPSA) is 61.8 Å². The first-order valence-electron chi connectivity index (χ1n) is 6.08. The van der Waals surface area contributed by atoms with Gasteiger partial charge in [-0.25, -0.2) is 8.42 Å². The van der Waals surface area contributed by atoms with E-state index in [0.29, 0.717) is 29.5 Å². The zero-order valence-corrected chi connectivity index (χ0v) is 13.2. The molecule has 1 rings (SSSR count). The highest BCUT2D eigenvalue weighted by Crippen LogP contribution is 2.29. The molecule has 0 unspecified atom stereocenters. The maximum atomic E-state index is 12.0. The Morgan fingerprint density at radius 1 is 1.15 bits per heavy atom. The van der Waals surface area contributed by atoms with Crippen molar-refractivity contribution in [3.05, 3.63) is 28.8 Å². The van der Waals surface area contributed by atoms with Crippen molar-refractivity contribution in [2.45, 2.75) is 5.75 Å². The zero-order chi connectivity index (χ0) is 15.0. The van der Waals surface area contributed by atoms with Crippen LogP contribution in [0.15, 0.2) is 18.2 Å². The Bertz CT molecular complexity index is 515. The lowest BCUT2D eigenvalue weighted by Gasteiger charge is -2.09. The third kappa shape index (κ3) is 5.66.